The predicted molar refractivity (Wildman–Crippen MR) is 109 cm³/mol. The molecule has 1 N–H and O–H groups in total. The van der Waals surface area contributed by atoms with Crippen LogP contribution < -0.4 is 5.32 Å². The van der Waals surface area contributed by atoms with Crippen molar-refractivity contribution >= 4 is 11.7 Å². The van der Waals surface area contributed by atoms with Crippen LogP contribution >= 0.6 is 0 Å². The molecule has 5 nitrogen and oxygen atoms in total. The van der Waals surface area contributed by atoms with E-state index in [4.69, 9.17) is 4.74 Å². The molecule has 0 bridgehead atoms. The number of benzene rings is 2. The van der Waals surface area contributed by atoms with E-state index in [0.717, 1.165) is 44.0 Å². The van der Waals surface area contributed by atoms with Crippen molar-refractivity contribution in [2.45, 2.75) is 25.8 Å². The minimum Gasteiger partial charge on any atom is -0.379 e. The Kier molecular flexibility index (Phi) is 7.34. The van der Waals surface area contributed by atoms with E-state index in [1.165, 1.54) is 0 Å². The molecule has 1 heterocycles. The summed E-state index contributed by atoms with van der Waals surface area (Å²) < 4.78 is 5.42. The summed E-state index contributed by atoms with van der Waals surface area (Å²) in [5.41, 5.74) is 2.85. The first-order chi connectivity index (χ1) is 13.6. The lowest BCUT2D eigenvalue weighted by molar-refractivity contribution is -0.122. The number of ketones is 1. The van der Waals surface area contributed by atoms with Crippen molar-refractivity contribution in [2.24, 2.45) is 0 Å². The summed E-state index contributed by atoms with van der Waals surface area (Å²) in [4.78, 5) is 27.2. The van der Waals surface area contributed by atoms with Gasteiger partial charge in [0.2, 0.25) is 5.91 Å². The molecule has 1 saturated heterocycles. The van der Waals surface area contributed by atoms with Gasteiger partial charge in [-0.2, -0.15) is 0 Å². The van der Waals surface area contributed by atoms with Crippen molar-refractivity contribution in [1.29, 1.82) is 0 Å². The molecular weight excluding hydrogens is 352 g/mol. The molecule has 1 amide bonds. The Morgan fingerprint density at radius 1 is 1.00 bits per heavy atom. The topological polar surface area (TPSA) is 58.6 Å². The number of ether oxygens (including phenoxy) is 1. The van der Waals surface area contributed by atoms with E-state index in [9.17, 15) is 9.59 Å². The number of carbonyl (C=O) groups is 2. The number of amides is 1. The smallest absolute Gasteiger partial charge is 0.220 e. The van der Waals surface area contributed by atoms with Crippen LogP contribution in [0.25, 0.3) is 0 Å². The van der Waals surface area contributed by atoms with Crippen molar-refractivity contribution in [3.63, 3.8) is 0 Å². The molecule has 3 rings (SSSR count). The first kappa shape index (κ1) is 20.2. The van der Waals surface area contributed by atoms with Crippen LogP contribution in [0.3, 0.4) is 0 Å². The third-order valence-corrected chi connectivity index (χ3v) is 5.03. The Balaban J connectivity index is 1.57. The lowest BCUT2D eigenvalue weighted by atomic mass is 10.0. The van der Waals surface area contributed by atoms with Gasteiger partial charge in [0.1, 0.15) is 0 Å². The minimum atomic E-state index is -0.0960. The molecule has 148 valence electrons. The molecule has 1 unspecified atom stereocenters. The number of carbonyl (C=O) groups excluding carboxylic acids is 2. The molecule has 0 aromatic heterocycles. The number of nitrogens with zero attached hydrogens (tertiary/aromatic N) is 1. The van der Waals surface area contributed by atoms with Crippen molar-refractivity contribution in [3.05, 3.63) is 71.3 Å². The fourth-order valence-corrected chi connectivity index (χ4v) is 3.34. The van der Waals surface area contributed by atoms with Crippen molar-refractivity contribution in [3.8, 4) is 0 Å². The zero-order chi connectivity index (χ0) is 19.8. The van der Waals surface area contributed by atoms with Gasteiger partial charge in [-0.1, -0.05) is 60.2 Å². The summed E-state index contributed by atoms with van der Waals surface area (Å²) in [6.07, 6.45) is 0.410. The molecule has 2 aromatic rings. The predicted octanol–water partition coefficient (Wildman–Crippen LogP) is 3.15. The van der Waals surface area contributed by atoms with Crippen LogP contribution in [-0.2, 0) is 9.53 Å². The van der Waals surface area contributed by atoms with Gasteiger partial charge in [0.15, 0.2) is 5.78 Å². The molecule has 0 saturated carbocycles. The van der Waals surface area contributed by atoms with Crippen LogP contribution in [0, 0.1) is 6.92 Å². The molecule has 2 aromatic carbocycles. The summed E-state index contributed by atoms with van der Waals surface area (Å²) in [7, 11) is 0. The first-order valence-corrected chi connectivity index (χ1v) is 9.86. The molecule has 28 heavy (non-hydrogen) atoms. The number of aryl methyl sites for hydroxylation is 1. The molecule has 0 aliphatic carbocycles. The van der Waals surface area contributed by atoms with E-state index in [-0.39, 0.29) is 30.6 Å². The van der Waals surface area contributed by atoms with Crippen LogP contribution in [0.5, 0.6) is 0 Å². The Hall–Kier alpha value is -2.50. The van der Waals surface area contributed by atoms with Gasteiger partial charge in [0.25, 0.3) is 0 Å². The molecule has 1 aliphatic rings. The molecule has 1 fully saturated rings. The number of hydrogen-bond acceptors (Lipinski definition) is 4. The van der Waals surface area contributed by atoms with Crippen LogP contribution in [0.2, 0.25) is 0 Å². The van der Waals surface area contributed by atoms with Gasteiger partial charge in [0.05, 0.1) is 19.3 Å². The molecule has 0 spiro atoms. The first-order valence-electron chi connectivity index (χ1n) is 9.86. The molecule has 1 atom stereocenters. The number of rotatable bonds is 8. The third kappa shape index (κ3) is 6.01. The van der Waals surface area contributed by atoms with Gasteiger partial charge >= 0.3 is 0 Å². The average Bonchev–Trinajstić information content (AvgIpc) is 2.73. The quantitative estimate of drug-likeness (QED) is 0.715. The summed E-state index contributed by atoms with van der Waals surface area (Å²) in [6, 6.07) is 17.4. The second kappa shape index (κ2) is 10.2. The second-order valence-electron chi connectivity index (χ2n) is 7.23. The van der Waals surface area contributed by atoms with Crippen molar-refractivity contribution in [2.75, 3.05) is 32.8 Å². The Bertz CT molecular complexity index is 768. The number of nitrogens with one attached hydrogen (secondary N) is 1. The van der Waals surface area contributed by atoms with Gasteiger partial charge in [0, 0.05) is 38.0 Å². The fourth-order valence-electron chi connectivity index (χ4n) is 3.34. The summed E-state index contributed by atoms with van der Waals surface area (Å²) in [5, 5.41) is 3.12. The summed E-state index contributed by atoms with van der Waals surface area (Å²) >= 11 is 0. The van der Waals surface area contributed by atoms with E-state index in [2.05, 4.69) is 10.2 Å². The van der Waals surface area contributed by atoms with Crippen LogP contribution in [-0.4, -0.2) is 49.4 Å². The average molecular weight is 380 g/mol. The monoisotopic (exact) mass is 380 g/mol. The summed E-state index contributed by atoms with van der Waals surface area (Å²) in [6.45, 7) is 5.90. The molecule has 0 radical (unpaired) electrons. The number of morpholine rings is 1. The Morgan fingerprint density at radius 3 is 2.36 bits per heavy atom. The highest BCUT2D eigenvalue weighted by Gasteiger charge is 2.20. The lowest BCUT2D eigenvalue weighted by Gasteiger charge is -2.31. The number of Topliss-reactive ketones (excluding diaryl/α,β-unsaturated/α-hetero) is 1. The van der Waals surface area contributed by atoms with Gasteiger partial charge in [-0.15, -0.1) is 0 Å². The van der Waals surface area contributed by atoms with E-state index >= 15 is 0 Å². The minimum absolute atomic E-state index is 0.000379. The molecule has 1 aliphatic heterocycles. The van der Waals surface area contributed by atoms with E-state index in [1.54, 1.807) is 0 Å². The van der Waals surface area contributed by atoms with Gasteiger partial charge in [-0.25, -0.2) is 0 Å². The van der Waals surface area contributed by atoms with E-state index < -0.39 is 0 Å². The Morgan fingerprint density at radius 2 is 1.68 bits per heavy atom. The highest BCUT2D eigenvalue weighted by molar-refractivity contribution is 5.98. The fraction of sp³-hybridized carbons (Fsp3) is 0.391. The lowest BCUT2D eigenvalue weighted by Crippen LogP contribution is -2.43. The normalized spacial score (nSPS) is 15.8. The van der Waals surface area contributed by atoms with Crippen LogP contribution in [0.1, 0.15) is 40.4 Å². The van der Waals surface area contributed by atoms with Gasteiger partial charge < -0.3 is 10.1 Å². The molecular formula is C23H28N2O3. The zero-order valence-electron chi connectivity index (χ0n) is 16.4. The number of hydrogen-bond donors (Lipinski definition) is 1. The van der Waals surface area contributed by atoms with Crippen LogP contribution in [0.4, 0.5) is 0 Å². The highest BCUT2D eigenvalue weighted by atomic mass is 16.5. The van der Waals surface area contributed by atoms with E-state index in [1.807, 2.05) is 61.5 Å². The zero-order valence-corrected chi connectivity index (χ0v) is 16.4. The van der Waals surface area contributed by atoms with Gasteiger partial charge in [-0.3, -0.25) is 14.5 Å². The van der Waals surface area contributed by atoms with Crippen molar-refractivity contribution in [1.82, 2.24) is 10.2 Å². The highest BCUT2D eigenvalue weighted by Crippen LogP contribution is 2.16. The van der Waals surface area contributed by atoms with Gasteiger partial charge in [-0.05, 0) is 12.5 Å². The third-order valence-electron chi connectivity index (χ3n) is 5.03. The SMILES string of the molecule is Cc1ccc(C(=O)CCC(=O)NC(CN2CCOCC2)c2ccccc2)cc1. The maximum Gasteiger partial charge on any atom is 0.220 e. The van der Waals surface area contributed by atoms with Crippen molar-refractivity contribution < 1.29 is 14.3 Å². The Labute approximate surface area is 166 Å². The maximum absolute atomic E-state index is 12.6. The van der Waals surface area contributed by atoms with E-state index in [0.29, 0.717) is 5.56 Å². The largest absolute Gasteiger partial charge is 0.379 e. The standard InChI is InChI=1S/C23H28N2O3/c1-18-7-9-20(10-8-18)22(26)11-12-23(27)24-21(19-5-3-2-4-6-19)17-25-13-15-28-16-14-25/h2-10,21H,11-17H2,1H3,(H,24,27). The summed E-state index contributed by atoms with van der Waals surface area (Å²) in [5.74, 6) is -0.0952. The second-order valence-corrected chi connectivity index (χ2v) is 7.23. The maximum atomic E-state index is 12.6. The van der Waals surface area contributed by atoms with Crippen LogP contribution in [0.15, 0.2) is 54.6 Å². The molecule has 5 heteroatoms.